The fraction of sp³-hybridized carbons (Fsp3) is 0.923. The van der Waals surface area contributed by atoms with Gasteiger partial charge in [-0.3, -0.25) is 4.79 Å². The lowest BCUT2D eigenvalue weighted by Crippen LogP contribution is -2.35. The molecule has 0 aliphatic carbocycles. The van der Waals surface area contributed by atoms with Crippen LogP contribution in [0.15, 0.2) is 0 Å². The zero-order valence-corrected chi connectivity index (χ0v) is 11.7. The number of nitrogens with zero attached hydrogens (tertiary/aromatic N) is 1. The van der Waals surface area contributed by atoms with Crippen LogP contribution < -0.4 is 5.73 Å². The Morgan fingerprint density at radius 1 is 1.31 bits per heavy atom. The standard InChI is InChI=1S/C13H28N2O/c1-10(8-14)9-15(6)12(16)7-11(2)13(3,4)5/h10-11H,7-9,14H2,1-6H3. The summed E-state index contributed by atoms with van der Waals surface area (Å²) < 4.78 is 0. The molecule has 1 amide bonds. The summed E-state index contributed by atoms with van der Waals surface area (Å²) in [6.07, 6.45) is 0.622. The molecular formula is C13H28N2O. The maximum atomic E-state index is 11.9. The molecule has 0 radical (unpaired) electrons. The molecule has 0 rings (SSSR count). The minimum Gasteiger partial charge on any atom is -0.345 e. The molecule has 0 saturated carbocycles. The molecule has 0 aromatic heterocycles. The Bertz CT molecular complexity index is 220. The molecule has 0 heterocycles. The smallest absolute Gasteiger partial charge is 0.222 e. The summed E-state index contributed by atoms with van der Waals surface area (Å²) in [5.41, 5.74) is 5.74. The molecule has 0 aliphatic rings. The molecule has 3 heteroatoms. The van der Waals surface area contributed by atoms with Crippen molar-refractivity contribution in [3.05, 3.63) is 0 Å². The van der Waals surface area contributed by atoms with Crippen molar-refractivity contribution < 1.29 is 4.79 Å². The lowest BCUT2D eigenvalue weighted by Gasteiger charge is -2.29. The molecule has 2 atom stereocenters. The first-order chi connectivity index (χ1) is 7.18. The molecule has 96 valence electrons. The molecule has 0 saturated heterocycles. The van der Waals surface area contributed by atoms with Gasteiger partial charge in [-0.05, 0) is 23.8 Å². The monoisotopic (exact) mass is 228 g/mol. The number of hydrogen-bond donors (Lipinski definition) is 1. The SMILES string of the molecule is CC(CN)CN(C)C(=O)CC(C)C(C)(C)C. The van der Waals surface area contributed by atoms with Gasteiger partial charge >= 0.3 is 0 Å². The van der Waals surface area contributed by atoms with Crippen molar-refractivity contribution in [2.45, 2.75) is 41.0 Å². The molecule has 0 spiro atoms. The van der Waals surface area contributed by atoms with Crippen molar-refractivity contribution in [3.8, 4) is 0 Å². The normalized spacial score (nSPS) is 15.7. The first-order valence-corrected chi connectivity index (χ1v) is 6.12. The van der Waals surface area contributed by atoms with Crippen LogP contribution in [-0.2, 0) is 4.79 Å². The van der Waals surface area contributed by atoms with Gasteiger partial charge in [-0.15, -0.1) is 0 Å². The lowest BCUT2D eigenvalue weighted by atomic mass is 9.80. The van der Waals surface area contributed by atoms with Crippen LogP contribution in [0.3, 0.4) is 0 Å². The highest BCUT2D eigenvalue weighted by Gasteiger charge is 2.24. The Morgan fingerprint density at radius 3 is 2.19 bits per heavy atom. The molecule has 2 unspecified atom stereocenters. The average Bonchev–Trinajstić information content (AvgIpc) is 2.15. The summed E-state index contributed by atoms with van der Waals surface area (Å²) in [5.74, 6) is 0.997. The van der Waals surface area contributed by atoms with Crippen LogP contribution in [0.2, 0.25) is 0 Å². The first kappa shape index (κ1) is 15.4. The zero-order chi connectivity index (χ0) is 12.9. The predicted molar refractivity (Wildman–Crippen MR) is 69.1 cm³/mol. The van der Waals surface area contributed by atoms with Crippen LogP contribution >= 0.6 is 0 Å². The van der Waals surface area contributed by atoms with Crippen molar-refractivity contribution in [1.82, 2.24) is 4.90 Å². The van der Waals surface area contributed by atoms with E-state index >= 15 is 0 Å². The summed E-state index contributed by atoms with van der Waals surface area (Å²) >= 11 is 0. The van der Waals surface area contributed by atoms with Gasteiger partial charge in [0.05, 0.1) is 0 Å². The van der Waals surface area contributed by atoms with Gasteiger partial charge in [0, 0.05) is 20.0 Å². The number of nitrogens with two attached hydrogens (primary N) is 1. The number of rotatable bonds is 5. The van der Waals surface area contributed by atoms with E-state index in [1.807, 2.05) is 7.05 Å². The Hall–Kier alpha value is -0.570. The Labute approximate surface area is 100 Å². The van der Waals surface area contributed by atoms with Crippen LogP contribution in [-0.4, -0.2) is 30.9 Å². The van der Waals surface area contributed by atoms with Crippen LogP contribution in [0, 0.1) is 17.3 Å². The van der Waals surface area contributed by atoms with Crippen LogP contribution in [0.25, 0.3) is 0 Å². The molecular weight excluding hydrogens is 200 g/mol. The van der Waals surface area contributed by atoms with Crippen LogP contribution in [0.4, 0.5) is 0 Å². The second kappa shape index (κ2) is 6.24. The Kier molecular flexibility index (Phi) is 6.01. The van der Waals surface area contributed by atoms with E-state index in [-0.39, 0.29) is 11.3 Å². The van der Waals surface area contributed by atoms with E-state index in [0.717, 1.165) is 6.54 Å². The van der Waals surface area contributed by atoms with Crippen molar-refractivity contribution in [1.29, 1.82) is 0 Å². The molecule has 0 aromatic carbocycles. The van der Waals surface area contributed by atoms with Gasteiger partial charge in [0.15, 0.2) is 0 Å². The number of amides is 1. The van der Waals surface area contributed by atoms with Gasteiger partial charge in [0.25, 0.3) is 0 Å². The maximum absolute atomic E-state index is 11.9. The lowest BCUT2D eigenvalue weighted by molar-refractivity contribution is -0.132. The minimum absolute atomic E-state index is 0.190. The Balaban J connectivity index is 4.16. The number of carbonyl (C=O) groups is 1. The van der Waals surface area contributed by atoms with Crippen molar-refractivity contribution >= 4 is 5.91 Å². The quantitative estimate of drug-likeness (QED) is 0.783. The fourth-order valence-electron chi connectivity index (χ4n) is 1.37. The van der Waals surface area contributed by atoms with E-state index in [1.54, 1.807) is 4.90 Å². The topological polar surface area (TPSA) is 46.3 Å². The maximum Gasteiger partial charge on any atom is 0.222 e. The summed E-state index contributed by atoms with van der Waals surface area (Å²) in [6, 6.07) is 0. The molecule has 16 heavy (non-hydrogen) atoms. The largest absolute Gasteiger partial charge is 0.345 e. The third kappa shape index (κ3) is 5.50. The Morgan fingerprint density at radius 2 is 1.81 bits per heavy atom. The van der Waals surface area contributed by atoms with E-state index in [2.05, 4.69) is 34.6 Å². The number of carbonyl (C=O) groups excluding carboxylic acids is 1. The van der Waals surface area contributed by atoms with Gasteiger partial charge < -0.3 is 10.6 Å². The van der Waals surface area contributed by atoms with Gasteiger partial charge in [0.1, 0.15) is 0 Å². The molecule has 2 N–H and O–H groups in total. The van der Waals surface area contributed by atoms with Crippen molar-refractivity contribution in [2.24, 2.45) is 23.0 Å². The van der Waals surface area contributed by atoms with Gasteiger partial charge in [-0.2, -0.15) is 0 Å². The van der Waals surface area contributed by atoms with Crippen LogP contribution in [0.5, 0.6) is 0 Å². The highest BCUT2D eigenvalue weighted by atomic mass is 16.2. The highest BCUT2D eigenvalue weighted by Crippen LogP contribution is 2.28. The predicted octanol–water partition coefficient (Wildman–Crippen LogP) is 2.11. The summed E-state index contributed by atoms with van der Waals surface area (Å²) in [7, 11) is 1.86. The summed E-state index contributed by atoms with van der Waals surface area (Å²) in [5, 5.41) is 0. The van der Waals surface area contributed by atoms with E-state index in [1.165, 1.54) is 0 Å². The van der Waals surface area contributed by atoms with Gasteiger partial charge in [-0.1, -0.05) is 34.6 Å². The minimum atomic E-state index is 0.190. The summed E-state index contributed by atoms with van der Waals surface area (Å²) in [6.45, 7) is 12.1. The zero-order valence-electron chi connectivity index (χ0n) is 11.7. The summed E-state index contributed by atoms with van der Waals surface area (Å²) in [4.78, 5) is 13.7. The van der Waals surface area contributed by atoms with Crippen molar-refractivity contribution in [3.63, 3.8) is 0 Å². The van der Waals surface area contributed by atoms with Crippen molar-refractivity contribution in [2.75, 3.05) is 20.1 Å². The van der Waals surface area contributed by atoms with E-state index in [9.17, 15) is 4.79 Å². The highest BCUT2D eigenvalue weighted by molar-refractivity contribution is 5.76. The van der Waals surface area contributed by atoms with E-state index < -0.39 is 0 Å². The van der Waals surface area contributed by atoms with Gasteiger partial charge in [0.2, 0.25) is 5.91 Å². The molecule has 0 fully saturated rings. The molecule has 3 nitrogen and oxygen atoms in total. The molecule has 0 aromatic rings. The third-order valence-corrected chi connectivity index (χ3v) is 3.37. The number of hydrogen-bond acceptors (Lipinski definition) is 2. The van der Waals surface area contributed by atoms with E-state index in [0.29, 0.717) is 24.8 Å². The molecule has 0 aliphatic heterocycles. The van der Waals surface area contributed by atoms with Gasteiger partial charge in [-0.25, -0.2) is 0 Å². The third-order valence-electron chi connectivity index (χ3n) is 3.37. The fourth-order valence-corrected chi connectivity index (χ4v) is 1.37. The second-order valence-corrected chi connectivity index (χ2v) is 6.09. The first-order valence-electron chi connectivity index (χ1n) is 6.12. The van der Waals surface area contributed by atoms with Crippen LogP contribution in [0.1, 0.15) is 41.0 Å². The van der Waals surface area contributed by atoms with E-state index in [4.69, 9.17) is 5.73 Å². The molecule has 0 bridgehead atoms. The average molecular weight is 228 g/mol. The second-order valence-electron chi connectivity index (χ2n) is 6.09.